The van der Waals surface area contributed by atoms with E-state index in [-0.39, 0.29) is 41.1 Å². The number of nitrogens with two attached hydrogens (primary N) is 1. The van der Waals surface area contributed by atoms with Crippen molar-refractivity contribution >= 4 is 29.4 Å². The molecular formula is C20H26N3O6+. The summed E-state index contributed by atoms with van der Waals surface area (Å²) in [5, 5.41) is 7.69. The van der Waals surface area contributed by atoms with Gasteiger partial charge in [-0.3, -0.25) is 9.59 Å². The molecule has 1 heterocycles. The van der Waals surface area contributed by atoms with Gasteiger partial charge in [0.25, 0.3) is 5.91 Å². The smallest absolute Gasteiger partial charge is 0.337 e. The summed E-state index contributed by atoms with van der Waals surface area (Å²) in [6.45, 7) is 0. The third-order valence-electron chi connectivity index (χ3n) is 5.43. The fourth-order valence-electron chi connectivity index (χ4n) is 3.99. The van der Waals surface area contributed by atoms with Gasteiger partial charge in [-0.15, -0.1) is 0 Å². The summed E-state index contributed by atoms with van der Waals surface area (Å²) in [6.07, 6.45) is 4.23. The number of amides is 2. The number of hydrogen-bond donors (Lipinski definition) is 3. The third-order valence-corrected chi connectivity index (χ3v) is 5.43. The molecule has 4 N–H and O–H groups in total. The summed E-state index contributed by atoms with van der Waals surface area (Å²) in [6, 6.07) is 4.13. The monoisotopic (exact) mass is 404 g/mol. The Morgan fingerprint density at radius 2 is 1.69 bits per heavy atom. The van der Waals surface area contributed by atoms with Crippen LogP contribution < -0.4 is 16.0 Å². The van der Waals surface area contributed by atoms with E-state index in [4.69, 9.17) is 0 Å². The maximum Gasteiger partial charge on any atom is 0.337 e. The average Bonchev–Trinajstić information content (AvgIpc) is 2.72. The molecule has 1 saturated carbocycles. The molecule has 2 fully saturated rings. The number of piperazine rings is 1. The van der Waals surface area contributed by atoms with E-state index in [0.717, 1.165) is 25.7 Å². The van der Waals surface area contributed by atoms with Crippen LogP contribution >= 0.6 is 0 Å². The van der Waals surface area contributed by atoms with Crippen LogP contribution in [0.2, 0.25) is 0 Å². The summed E-state index contributed by atoms with van der Waals surface area (Å²) in [4.78, 5) is 48.6. The molecule has 1 aliphatic carbocycles. The van der Waals surface area contributed by atoms with Gasteiger partial charge >= 0.3 is 11.9 Å². The van der Waals surface area contributed by atoms with Crippen LogP contribution in [0.5, 0.6) is 0 Å². The lowest BCUT2D eigenvalue weighted by molar-refractivity contribution is -0.718. The topological polar surface area (TPSA) is 127 Å². The number of carbonyl (C=O) groups excluding carboxylic acids is 4. The maximum absolute atomic E-state index is 12.5. The number of anilines is 1. The van der Waals surface area contributed by atoms with Gasteiger partial charge in [0.15, 0.2) is 6.04 Å². The van der Waals surface area contributed by atoms with Crippen molar-refractivity contribution in [3.8, 4) is 0 Å². The van der Waals surface area contributed by atoms with Crippen LogP contribution in [0.1, 0.15) is 52.8 Å². The number of methoxy groups -OCH3 is 2. The lowest BCUT2D eigenvalue weighted by Crippen LogP contribution is -3.03. The molecule has 1 saturated heterocycles. The number of quaternary nitrogens is 1. The minimum absolute atomic E-state index is 0.00887. The summed E-state index contributed by atoms with van der Waals surface area (Å²) < 4.78 is 9.38. The Labute approximate surface area is 168 Å². The molecule has 1 aliphatic heterocycles. The molecule has 0 unspecified atom stereocenters. The van der Waals surface area contributed by atoms with Crippen molar-refractivity contribution in [3.05, 3.63) is 29.3 Å². The van der Waals surface area contributed by atoms with E-state index in [1.807, 2.05) is 5.32 Å². The van der Waals surface area contributed by atoms with E-state index in [2.05, 4.69) is 20.1 Å². The van der Waals surface area contributed by atoms with Crippen LogP contribution in [-0.4, -0.2) is 56.1 Å². The van der Waals surface area contributed by atoms with E-state index >= 15 is 0 Å². The molecule has 0 radical (unpaired) electrons. The number of fused-ring (bicyclic) bond motifs is 1. The molecule has 1 aromatic rings. The van der Waals surface area contributed by atoms with Crippen molar-refractivity contribution in [2.45, 2.75) is 50.2 Å². The number of nitrogens with one attached hydrogen (secondary N) is 2. The van der Waals surface area contributed by atoms with Gasteiger partial charge in [-0.05, 0) is 31.0 Å². The first-order chi connectivity index (χ1) is 13.9. The van der Waals surface area contributed by atoms with Crippen LogP contribution in [0, 0.1) is 0 Å². The molecule has 1 aromatic carbocycles. The highest BCUT2D eigenvalue weighted by molar-refractivity contribution is 6.00. The van der Waals surface area contributed by atoms with Gasteiger partial charge in [0.05, 0.1) is 37.8 Å². The Morgan fingerprint density at radius 3 is 2.31 bits per heavy atom. The second-order valence-electron chi connectivity index (χ2n) is 7.40. The summed E-state index contributed by atoms with van der Waals surface area (Å²) in [5.41, 5.74) is 0.473. The molecule has 0 bridgehead atoms. The molecule has 29 heavy (non-hydrogen) atoms. The minimum Gasteiger partial charge on any atom is -0.465 e. The van der Waals surface area contributed by atoms with E-state index in [1.165, 1.54) is 32.4 Å². The van der Waals surface area contributed by atoms with Crippen molar-refractivity contribution in [1.82, 2.24) is 5.32 Å². The quantitative estimate of drug-likeness (QED) is 0.591. The van der Waals surface area contributed by atoms with Crippen LogP contribution in [-0.2, 0) is 19.1 Å². The van der Waals surface area contributed by atoms with Crippen LogP contribution in [0.15, 0.2) is 18.2 Å². The number of benzene rings is 1. The first-order valence-corrected chi connectivity index (χ1v) is 9.68. The molecule has 0 spiro atoms. The van der Waals surface area contributed by atoms with Gasteiger partial charge in [-0.25, -0.2) is 9.59 Å². The molecule has 0 aromatic heterocycles. The van der Waals surface area contributed by atoms with Crippen LogP contribution in [0.25, 0.3) is 0 Å². The predicted octanol–water partition coefficient (Wildman–Crippen LogP) is -0.0386. The van der Waals surface area contributed by atoms with E-state index in [0.29, 0.717) is 6.04 Å². The largest absolute Gasteiger partial charge is 0.465 e. The van der Waals surface area contributed by atoms with Crippen LogP contribution in [0.3, 0.4) is 0 Å². The van der Waals surface area contributed by atoms with E-state index in [9.17, 15) is 19.2 Å². The number of carbonyl (C=O) groups is 4. The van der Waals surface area contributed by atoms with E-state index in [1.54, 1.807) is 0 Å². The zero-order valence-electron chi connectivity index (χ0n) is 16.5. The fraction of sp³-hybridized carbons (Fsp3) is 0.500. The van der Waals surface area contributed by atoms with Crippen molar-refractivity contribution in [2.75, 3.05) is 19.5 Å². The second-order valence-corrected chi connectivity index (χ2v) is 7.40. The van der Waals surface area contributed by atoms with Gasteiger partial charge in [0.2, 0.25) is 5.91 Å². The Bertz CT molecular complexity index is 790. The zero-order valence-corrected chi connectivity index (χ0v) is 16.5. The molecule has 2 aliphatic rings. The highest BCUT2D eigenvalue weighted by Gasteiger charge is 2.40. The predicted molar refractivity (Wildman–Crippen MR) is 102 cm³/mol. The van der Waals surface area contributed by atoms with Gasteiger partial charge in [-0.2, -0.15) is 0 Å². The zero-order chi connectivity index (χ0) is 21.0. The standard InChI is InChI=1S/C20H25N3O6/c1-28-19(26)11-7-12(20(27)29-2)9-13(8-11)21-17(24)10-16-18(25)23-15-6-4-3-5-14(15)22-16/h7-9,14-16,22H,3-6,10H2,1-2H3,(H,21,24)(H,23,25)/p+1/t14-,15+,16-/m1/s1. The SMILES string of the molecule is COC(=O)c1cc(NC(=O)C[C@H]2[NH2+][C@@H]3CCCC[C@@H]3NC2=O)cc(C(=O)OC)c1. The van der Waals surface area contributed by atoms with Gasteiger partial charge in [0, 0.05) is 12.1 Å². The Hall–Kier alpha value is -2.94. The van der Waals surface area contributed by atoms with Gasteiger partial charge < -0.3 is 25.4 Å². The molecule has 2 amide bonds. The summed E-state index contributed by atoms with van der Waals surface area (Å²) in [7, 11) is 2.45. The van der Waals surface area contributed by atoms with Gasteiger partial charge in [-0.1, -0.05) is 6.42 Å². The molecule has 9 heteroatoms. The molecule has 3 rings (SSSR count). The highest BCUT2D eigenvalue weighted by atomic mass is 16.5. The second kappa shape index (κ2) is 9.04. The normalized spacial score (nSPS) is 23.4. The molecule has 9 nitrogen and oxygen atoms in total. The average molecular weight is 404 g/mol. The van der Waals surface area contributed by atoms with Gasteiger partial charge in [0.1, 0.15) is 6.04 Å². The Morgan fingerprint density at radius 1 is 1.07 bits per heavy atom. The molecule has 156 valence electrons. The van der Waals surface area contributed by atoms with Crippen molar-refractivity contribution < 1.29 is 34.0 Å². The minimum atomic E-state index is -0.644. The van der Waals surface area contributed by atoms with E-state index < -0.39 is 18.0 Å². The summed E-state index contributed by atoms with van der Waals surface area (Å²) in [5.74, 6) is -1.81. The highest BCUT2D eigenvalue weighted by Crippen LogP contribution is 2.20. The summed E-state index contributed by atoms with van der Waals surface area (Å²) >= 11 is 0. The van der Waals surface area contributed by atoms with Crippen molar-refractivity contribution in [2.24, 2.45) is 0 Å². The number of esters is 2. The first-order valence-electron chi connectivity index (χ1n) is 9.68. The number of hydrogen-bond acceptors (Lipinski definition) is 6. The maximum atomic E-state index is 12.5. The number of rotatable bonds is 5. The number of ether oxygens (including phenoxy) is 2. The van der Waals surface area contributed by atoms with Crippen LogP contribution in [0.4, 0.5) is 5.69 Å². The Kier molecular flexibility index (Phi) is 6.48. The first kappa shape index (κ1) is 20.8. The van der Waals surface area contributed by atoms with Crippen molar-refractivity contribution in [1.29, 1.82) is 0 Å². The lowest BCUT2D eigenvalue weighted by Gasteiger charge is -2.37. The Balaban J connectivity index is 1.70. The van der Waals surface area contributed by atoms with Crippen molar-refractivity contribution in [3.63, 3.8) is 0 Å². The molecule has 3 atom stereocenters. The fourth-order valence-corrected chi connectivity index (χ4v) is 3.99. The lowest BCUT2D eigenvalue weighted by atomic mass is 9.87. The third kappa shape index (κ3) is 4.92. The molecular weight excluding hydrogens is 378 g/mol.